The fourth-order valence-electron chi connectivity index (χ4n) is 1.89. The van der Waals surface area contributed by atoms with Gasteiger partial charge in [-0.15, -0.1) is 0 Å². The first-order valence-corrected chi connectivity index (χ1v) is 4.96. The summed E-state index contributed by atoms with van der Waals surface area (Å²) in [5.41, 5.74) is 2.22. The van der Waals surface area contributed by atoms with E-state index in [1.165, 1.54) is 0 Å². The van der Waals surface area contributed by atoms with Crippen LogP contribution in [0.25, 0.3) is 0 Å². The van der Waals surface area contributed by atoms with Gasteiger partial charge >= 0.3 is 0 Å². The maximum atomic E-state index is 5.81. The van der Waals surface area contributed by atoms with Crippen molar-refractivity contribution in [2.24, 2.45) is 0 Å². The number of para-hydroxylation sites is 4. The Labute approximate surface area is 102 Å². The van der Waals surface area contributed by atoms with E-state index >= 15 is 0 Å². The zero-order chi connectivity index (χ0) is 10.3. The van der Waals surface area contributed by atoms with Crippen LogP contribution in [0.3, 0.4) is 0 Å². The first kappa shape index (κ1) is 10.9. The van der Waals surface area contributed by atoms with Crippen molar-refractivity contribution in [2.45, 2.75) is 0 Å². The van der Waals surface area contributed by atoms with Crippen LogP contribution < -0.4 is 9.64 Å². The Balaban J connectivity index is 0.000000963. The summed E-state index contributed by atoms with van der Waals surface area (Å²) in [5, 5.41) is 0. The highest BCUT2D eigenvalue weighted by molar-refractivity contribution is 7.59. The van der Waals surface area contributed by atoms with Crippen LogP contribution in [0.4, 0.5) is 11.4 Å². The zero-order valence-corrected chi connectivity index (χ0v) is 9.97. The van der Waals surface area contributed by atoms with E-state index in [-0.39, 0.29) is 13.5 Å². The molecule has 1 aliphatic heterocycles. The lowest BCUT2D eigenvalue weighted by molar-refractivity contribution is 0.475. The lowest BCUT2D eigenvalue weighted by Crippen LogP contribution is -2.15. The summed E-state index contributed by atoms with van der Waals surface area (Å²) < 4.78 is 5.81. The minimum absolute atomic E-state index is 0. The van der Waals surface area contributed by atoms with Gasteiger partial charge in [-0.25, -0.2) is 0 Å². The van der Waals surface area contributed by atoms with E-state index in [0.29, 0.717) is 0 Å². The van der Waals surface area contributed by atoms with Gasteiger partial charge in [-0.05, 0) is 24.3 Å². The molecule has 3 rings (SSSR count). The predicted octanol–water partition coefficient (Wildman–Crippen LogP) is 3.67. The molecule has 82 valence electrons. The average Bonchev–Trinajstić information content (AvgIpc) is 2.30. The molecule has 0 saturated heterocycles. The first-order valence-electron chi connectivity index (χ1n) is 4.96. The van der Waals surface area contributed by atoms with Gasteiger partial charge < -0.3 is 9.64 Å². The smallest absolute Gasteiger partial charge is 0.151 e. The van der Waals surface area contributed by atoms with Gasteiger partial charge in [0.05, 0.1) is 11.4 Å². The fourth-order valence-corrected chi connectivity index (χ4v) is 1.89. The third-order valence-corrected chi connectivity index (χ3v) is 2.67. The highest BCUT2D eigenvalue weighted by Crippen LogP contribution is 2.44. The third kappa shape index (κ3) is 1.53. The van der Waals surface area contributed by atoms with E-state index < -0.39 is 0 Å². The molecule has 0 bridgehead atoms. The highest BCUT2D eigenvalue weighted by Gasteiger charge is 2.19. The molecule has 1 aliphatic rings. The molecule has 0 fully saturated rings. The minimum atomic E-state index is 0. The maximum absolute atomic E-state index is 5.81. The van der Waals surface area contributed by atoms with Crippen molar-refractivity contribution >= 4 is 24.9 Å². The molecule has 2 aromatic rings. The lowest BCUT2D eigenvalue weighted by Gasteiger charge is -2.29. The van der Waals surface area contributed by atoms with Crippen LogP contribution >= 0.6 is 13.5 Å². The van der Waals surface area contributed by atoms with E-state index in [9.17, 15) is 0 Å². The molecule has 2 nitrogen and oxygen atoms in total. The van der Waals surface area contributed by atoms with Crippen molar-refractivity contribution in [1.29, 1.82) is 0 Å². The molecule has 0 N–H and O–H groups in total. The third-order valence-electron chi connectivity index (χ3n) is 2.67. The van der Waals surface area contributed by atoms with Gasteiger partial charge in [0.15, 0.2) is 11.5 Å². The van der Waals surface area contributed by atoms with Crippen molar-refractivity contribution in [3.05, 3.63) is 48.5 Å². The number of hydrogen-bond acceptors (Lipinski definition) is 2. The molecule has 0 saturated carbocycles. The molecular formula is C13H13NOS. The summed E-state index contributed by atoms with van der Waals surface area (Å²) in [6, 6.07) is 16.1. The molecule has 0 spiro atoms. The number of hydrogen-bond donors (Lipinski definition) is 0. The molecule has 1 heterocycles. The molecule has 0 amide bonds. The Morgan fingerprint density at radius 2 is 1.25 bits per heavy atom. The molecule has 0 aromatic heterocycles. The molecule has 0 radical (unpaired) electrons. The number of anilines is 2. The zero-order valence-electron chi connectivity index (χ0n) is 8.97. The second-order valence-electron chi connectivity index (χ2n) is 3.60. The monoisotopic (exact) mass is 231 g/mol. The number of benzene rings is 2. The second-order valence-corrected chi connectivity index (χ2v) is 3.60. The van der Waals surface area contributed by atoms with E-state index in [2.05, 4.69) is 24.1 Å². The number of fused-ring (bicyclic) bond motifs is 2. The van der Waals surface area contributed by atoms with Crippen molar-refractivity contribution < 1.29 is 4.74 Å². The van der Waals surface area contributed by atoms with Crippen molar-refractivity contribution in [3.63, 3.8) is 0 Å². The molecule has 0 atom stereocenters. The standard InChI is InChI=1S/C13H11NO.H2S/c1-14-10-6-2-4-8-12(10)15-13-9-5-3-7-11(13)14;/h2-9H,1H3;1H2. The summed E-state index contributed by atoms with van der Waals surface area (Å²) in [4.78, 5) is 2.15. The van der Waals surface area contributed by atoms with Crippen LogP contribution in [0.2, 0.25) is 0 Å². The van der Waals surface area contributed by atoms with Crippen molar-refractivity contribution in [2.75, 3.05) is 11.9 Å². The van der Waals surface area contributed by atoms with Crippen LogP contribution in [-0.4, -0.2) is 7.05 Å². The number of rotatable bonds is 0. The summed E-state index contributed by atoms with van der Waals surface area (Å²) in [6.45, 7) is 0. The largest absolute Gasteiger partial charge is 0.453 e. The van der Waals surface area contributed by atoms with Crippen LogP contribution in [0, 0.1) is 0 Å². The van der Waals surface area contributed by atoms with Gasteiger partial charge in [-0.3, -0.25) is 0 Å². The Hall–Kier alpha value is -1.61. The summed E-state index contributed by atoms with van der Waals surface area (Å²) in [7, 11) is 2.06. The Morgan fingerprint density at radius 3 is 1.75 bits per heavy atom. The quantitative estimate of drug-likeness (QED) is 0.686. The topological polar surface area (TPSA) is 12.5 Å². The van der Waals surface area contributed by atoms with Crippen molar-refractivity contribution in [3.8, 4) is 11.5 Å². The van der Waals surface area contributed by atoms with Gasteiger partial charge in [0.2, 0.25) is 0 Å². The minimum Gasteiger partial charge on any atom is -0.453 e. The van der Waals surface area contributed by atoms with E-state index in [0.717, 1.165) is 22.9 Å². The molecule has 3 heteroatoms. The number of nitrogens with zero attached hydrogens (tertiary/aromatic N) is 1. The van der Waals surface area contributed by atoms with E-state index in [1.807, 2.05) is 36.4 Å². The van der Waals surface area contributed by atoms with Gasteiger partial charge in [0.1, 0.15) is 0 Å². The number of ether oxygens (including phenoxy) is 1. The lowest BCUT2D eigenvalue weighted by atomic mass is 10.2. The van der Waals surface area contributed by atoms with Gasteiger partial charge in [0.25, 0.3) is 0 Å². The Morgan fingerprint density at radius 1 is 0.812 bits per heavy atom. The maximum Gasteiger partial charge on any atom is 0.151 e. The van der Waals surface area contributed by atoms with Crippen LogP contribution in [0.1, 0.15) is 0 Å². The molecule has 2 aromatic carbocycles. The van der Waals surface area contributed by atoms with Crippen LogP contribution in [-0.2, 0) is 0 Å². The van der Waals surface area contributed by atoms with E-state index in [1.54, 1.807) is 0 Å². The normalized spacial score (nSPS) is 11.9. The summed E-state index contributed by atoms with van der Waals surface area (Å²) >= 11 is 0. The van der Waals surface area contributed by atoms with Crippen LogP contribution in [0.5, 0.6) is 11.5 Å². The van der Waals surface area contributed by atoms with Gasteiger partial charge in [-0.1, -0.05) is 24.3 Å². The molecule has 0 aliphatic carbocycles. The average molecular weight is 231 g/mol. The highest BCUT2D eigenvalue weighted by atomic mass is 32.1. The molecule has 0 unspecified atom stereocenters. The predicted molar refractivity (Wildman–Crippen MR) is 71.4 cm³/mol. The Bertz CT molecular complexity index is 467. The molecular weight excluding hydrogens is 218 g/mol. The summed E-state index contributed by atoms with van der Waals surface area (Å²) in [5.74, 6) is 1.83. The fraction of sp³-hybridized carbons (Fsp3) is 0.0769. The van der Waals surface area contributed by atoms with Gasteiger partial charge in [-0.2, -0.15) is 13.5 Å². The second kappa shape index (κ2) is 4.10. The van der Waals surface area contributed by atoms with Gasteiger partial charge in [0, 0.05) is 7.05 Å². The van der Waals surface area contributed by atoms with Crippen LogP contribution in [0.15, 0.2) is 48.5 Å². The SMILES string of the molecule is CN1c2ccccc2Oc2ccccc21.S. The molecule has 16 heavy (non-hydrogen) atoms. The van der Waals surface area contributed by atoms with E-state index in [4.69, 9.17) is 4.74 Å². The first-order chi connectivity index (χ1) is 7.36. The summed E-state index contributed by atoms with van der Waals surface area (Å²) in [6.07, 6.45) is 0. The van der Waals surface area contributed by atoms with Crippen molar-refractivity contribution in [1.82, 2.24) is 0 Å². The Kier molecular flexibility index (Phi) is 2.79.